The number of aryl methyl sites for hydroxylation is 2. The Morgan fingerprint density at radius 1 is 0.943 bits per heavy atom. The van der Waals surface area contributed by atoms with E-state index >= 15 is 0 Å². The summed E-state index contributed by atoms with van der Waals surface area (Å²) in [5, 5.41) is 2.87. The first-order valence-corrected chi connectivity index (χ1v) is 12.2. The second-order valence-electron chi connectivity index (χ2n) is 9.34. The molecule has 1 aliphatic heterocycles. The Bertz CT molecular complexity index is 1200. The molecule has 180 valence electrons. The van der Waals surface area contributed by atoms with Crippen molar-refractivity contribution < 1.29 is 23.9 Å². The number of imide groups is 1. The molecule has 0 radical (unpaired) electrons. The molecule has 5 rings (SSSR count). The standard InChI is InChI=1S/C28H28N2O5/c1-3-16-7-5-8-17(4-2)25(16)29-22(31)15-35-28(34)20-9-6-10-21(14-20)30-26(32)23-18-11-12-19(13-18)24(23)27(30)33/h5-12,14,18-19,23-24H,3-4,13,15H2,1-2H3,(H,29,31)/t18-,19-,23-,24-/m0/s1. The molecule has 2 aliphatic carbocycles. The van der Waals surface area contributed by atoms with Crippen molar-refractivity contribution in [3.8, 4) is 0 Å². The molecule has 2 aromatic rings. The van der Waals surface area contributed by atoms with Crippen molar-refractivity contribution in [2.45, 2.75) is 33.1 Å². The van der Waals surface area contributed by atoms with E-state index in [1.54, 1.807) is 18.2 Å². The number of anilines is 2. The molecule has 7 nitrogen and oxygen atoms in total. The Hall–Kier alpha value is -3.74. The second kappa shape index (κ2) is 9.13. The molecule has 4 atom stereocenters. The van der Waals surface area contributed by atoms with Crippen LogP contribution in [0.2, 0.25) is 0 Å². The average Bonchev–Trinajstić information content (AvgIpc) is 3.56. The minimum atomic E-state index is -0.692. The lowest BCUT2D eigenvalue weighted by Gasteiger charge is -2.18. The molecule has 2 aromatic carbocycles. The molecular formula is C28H28N2O5. The van der Waals surface area contributed by atoms with Gasteiger partial charge >= 0.3 is 5.97 Å². The number of rotatable bonds is 7. The Morgan fingerprint density at radius 3 is 2.14 bits per heavy atom. The van der Waals surface area contributed by atoms with E-state index in [0.717, 1.165) is 36.1 Å². The Labute approximate surface area is 204 Å². The van der Waals surface area contributed by atoms with Gasteiger partial charge in [0.05, 0.1) is 23.1 Å². The number of carbonyl (C=O) groups is 4. The van der Waals surface area contributed by atoms with Crippen LogP contribution in [0.1, 0.15) is 41.8 Å². The van der Waals surface area contributed by atoms with Crippen LogP contribution in [0.15, 0.2) is 54.6 Å². The number of para-hydroxylation sites is 1. The third kappa shape index (κ3) is 3.95. The molecule has 1 saturated heterocycles. The maximum absolute atomic E-state index is 13.1. The minimum absolute atomic E-state index is 0.115. The van der Waals surface area contributed by atoms with Crippen LogP contribution in [0, 0.1) is 23.7 Å². The zero-order chi connectivity index (χ0) is 24.7. The summed E-state index contributed by atoms with van der Waals surface area (Å²) in [7, 11) is 0. The lowest BCUT2D eigenvalue weighted by molar-refractivity contribution is -0.123. The maximum atomic E-state index is 13.1. The van der Waals surface area contributed by atoms with Crippen LogP contribution in [0.25, 0.3) is 0 Å². The summed E-state index contributed by atoms with van der Waals surface area (Å²) in [5.74, 6) is -1.92. The lowest BCUT2D eigenvalue weighted by Crippen LogP contribution is -2.33. The van der Waals surface area contributed by atoms with Gasteiger partial charge in [-0.05, 0) is 60.4 Å². The first-order valence-electron chi connectivity index (χ1n) is 12.2. The van der Waals surface area contributed by atoms with Crippen LogP contribution >= 0.6 is 0 Å². The molecule has 0 aromatic heterocycles. The zero-order valence-electron chi connectivity index (χ0n) is 19.8. The van der Waals surface area contributed by atoms with Crippen molar-refractivity contribution in [2.75, 3.05) is 16.8 Å². The number of carbonyl (C=O) groups excluding carboxylic acids is 4. The van der Waals surface area contributed by atoms with E-state index < -0.39 is 18.5 Å². The fourth-order valence-corrected chi connectivity index (χ4v) is 5.72. The van der Waals surface area contributed by atoms with Crippen LogP contribution in [0.4, 0.5) is 11.4 Å². The highest BCUT2D eigenvalue weighted by Gasteiger charge is 2.59. The molecule has 2 fully saturated rings. The van der Waals surface area contributed by atoms with E-state index in [4.69, 9.17) is 4.74 Å². The van der Waals surface area contributed by atoms with E-state index in [2.05, 4.69) is 5.32 Å². The zero-order valence-corrected chi connectivity index (χ0v) is 19.8. The van der Waals surface area contributed by atoms with Crippen molar-refractivity contribution in [3.63, 3.8) is 0 Å². The number of nitrogens with one attached hydrogen (secondary N) is 1. The van der Waals surface area contributed by atoms with Gasteiger partial charge < -0.3 is 10.1 Å². The van der Waals surface area contributed by atoms with E-state index in [9.17, 15) is 19.2 Å². The Balaban J connectivity index is 1.25. The number of hydrogen-bond acceptors (Lipinski definition) is 5. The quantitative estimate of drug-likeness (QED) is 0.375. The molecule has 7 heteroatoms. The third-order valence-corrected chi connectivity index (χ3v) is 7.41. The largest absolute Gasteiger partial charge is 0.452 e. The molecule has 2 bridgehead atoms. The van der Waals surface area contributed by atoms with Gasteiger partial charge in [0.25, 0.3) is 5.91 Å². The summed E-state index contributed by atoms with van der Waals surface area (Å²) in [6.07, 6.45) is 6.48. The van der Waals surface area contributed by atoms with Gasteiger partial charge in [0.15, 0.2) is 6.61 Å². The summed E-state index contributed by atoms with van der Waals surface area (Å²) < 4.78 is 5.25. The number of allylic oxidation sites excluding steroid dienone is 2. The number of ether oxygens (including phenoxy) is 1. The molecule has 1 saturated carbocycles. The Kier molecular flexibility index (Phi) is 6.01. The normalized spacial score (nSPS) is 24.1. The smallest absolute Gasteiger partial charge is 0.338 e. The van der Waals surface area contributed by atoms with Gasteiger partial charge in [-0.15, -0.1) is 0 Å². The second-order valence-corrected chi connectivity index (χ2v) is 9.34. The van der Waals surface area contributed by atoms with E-state index in [1.807, 2.05) is 44.2 Å². The molecule has 35 heavy (non-hydrogen) atoms. The Morgan fingerprint density at radius 2 is 1.54 bits per heavy atom. The molecule has 0 spiro atoms. The van der Waals surface area contributed by atoms with Gasteiger partial charge in [-0.1, -0.05) is 50.3 Å². The van der Waals surface area contributed by atoms with E-state index in [0.29, 0.717) is 5.69 Å². The molecule has 3 amide bonds. The number of esters is 1. The van der Waals surface area contributed by atoms with E-state index in [1.165, 1.54) is 11.0 Å². The fourth-order valence-electron chi connectivity index (χ4n) is 5.72. The molecule has 1 N–H and O–H groups in total. The predicted octanol–water partition coefficient (Wildman–Crippen LogP) is 3.92. The van der Waals surface area contributed by atoms with Crippen LogP contribution in [-0.2, 0) is 32.0 Å². The van der Waals surface area contributed by atoms with Crippen molar-refractivity contribution in [1.29, 1.82) is 0 Å². The van der Waals surface area contributed by atoms with Crippen molar-refractivity contribution in [3.05, 3.63) is 71.3 Å². The predicted molar refractivity (Wildman–Crippen MR) is 131 cm³/mol. The molecule has 1 heterocycles. The number of hydrogen-bond donors (Lipinski definition) is 1. The average molecular weight is 473 g/mol. The number of fused-ring (bicyclic) bond motifs is 5. The van der Waals surface area contributed by atoms with Crippen LogP contribution < -0.4 is 10.2 Å². The van der Waals surface area contributed by atoms with Crippen LogP contribution in [-0.4, -0.2) is 30.3 Å². The SMILES string of the molecule is CCc1cccc(CC)c1NC(=O)COC(=O)c1cccc(N2C(=O)[C@@H]3[C@@H](C2=O)[C@H]2C=C[C@H]3C2)c1. The summed E-state index contributed by atoms with van der Waals surface area (Å²) >= 11 is 0. The summed E-state index contributed by atoms with van der Waals surface area (Å²) in [6.45, 7) is 3.59. The minimum Gasteiger partial charge on any atom is -0.452 e. The van der Waals surface area contributed by atoms with Crippen molar-refractivity contribution in [2.24, 2.45) is 23.7 Å². The summed E-state index contributed by atoms with van der Waals surface area (Å²) in [6, 6.07) is 12.2. The van der Waals surface area contributed by atoms with Gasteiger partial charge in [0.1, 0.15) is 0 Å². The first kappa shape index (κ1) is 23.0. The number of amides is 3. The summed E-state index contributed by atoms with van der Waals surface area (Å²) in [5.41, 5.74) is 3.34. The number of benzene rings is 2. The van der Waals surface area contributed by atoms with Gasteiger partial charge in [0, 0.05) is 5.69 Å². The van der Waals surface area contributed by atoms with Crippen molar-refractivity contribution >= 4 is 35.1 Å². The monoisotopic (exact) mass is 472 g/mol. The van der Waals surface area contributed by atoms with Crippen LogP contribution in [0.3, 0.4) is 0 Å². The fraction of sp³-hybridized carbons (Fsp3) is 0.357. The van der Waals surface area contributed by atoms with Crippen LogP contribution in [0.5, 0.6) is 0 Å². The van der Waals surface area contributed by atoms with Crippen molar-refractivity contribution in [1.82, 2.24) is 0 Å². The molecule has 0 unspecified atom stereocenters. The van der Waals surface area contributed by atoms with E-state index in [-0.39, 0.29) is 41.0 Å². The highest BCUT2D eigenvalue weighted by molar-refractivity contribution is 6.23. The third-order valence-electron chi connectivity index (χ3n) is 7.41. The summed E-state index contributed by atoms with van der Waals surface area (Å²) in [4.78, 5) is 52.6. The van der Waals surface area contributed by atoms with Gasteiger partial charge in [-0.2, -0.15) is 0 Å². The lowest BCUT2D eigenvalue weighted by atomic mass is 9.85. The highest BCUT2D eigenvalue weighted by atomic mass is 16.5. The van der Waals surface area contributed by atoms with Gasteiger partial charge in [0.2, 0.25) is 11.8 Å². The highest BCUT2D eigenvalue weighted by Crippen LogP contribution is 2.53. The molecular weight excluding hydrogens is 444 g/mol. The first-order chi connectivity index (χ1) is 16.9. The van der Waals surface area contributed by atoms with Gasteiger partial charge in [-0.3, -0.25) is 14.4 Å². The molecule has 3 aliphatic rings. The maximum Gasteiger partial charge on any atom is 0.338 e. The van der Waals surface area contributed by atoms with Gasteiger partial charge in [-0.25, -0.2) is 9.69 Å². The topological polar surface area (TPSA) is 92.8 Å². The number of nitrogens with zero attached hydrogens (tertiary/aromatic N) is 1.